The van der Waals surface area contributed by atoms with Crippen LogP contribution in [-0.2, 0) is 0 Å². The third-order valence-electron chi connectivity index (χ3n) is 5.70. The maximum absolute atomic E-state index is 3.56. The maximum atomic E-state index is 3.56. The Balaban J connectivity index is 1.71. The van der Waals surface area contributed by atoms with Crippen LogP contribution in [0.2, 0.25) is 0 Å². The third-order valence-corrected chi connectivity index (χ3v) is 5.70. The quantitative estimate of drug-likeness (QED) is 0.300. The number of fused-ring (bicyclic) bond motifs is 4. The van der Waals surface area contributed by atoms with Gasteiger partial charge in [-0.15, -0.1) is 0 Å². The van der Waals surface area contributed by atoms with Crippen LogP contribution >= 0.6 is 0 Å². The van der Waals surface area contributed by atoms with Crippen molar-refractivity contribution in [3.05, 3.63) is 115 Å². The Morgan fingerprint density at radius 2 is 1.28 bits per heavy atom. The lowest BCUT2D eigenvalue weighted by atomic mass is 9.97. The summed E-state index contributed by atoms with van der Waals surface area (Å²) in [6.45, 7) is 0. The van der Waals surface area contributed by atoms with E-state index in [2.05, 4.69) is 120 Å². The van der Waals surface area contributed by atoms with Gasteiger partial charge < -0.3 is 4.57 Å². The summed E-state index contributed by atoms with van der Waals surface area (Å²) in [5, 5.41) is 5.00. The Bertz CT molecular complexity index is 1480. The van der Waals surface area contributed by atoms with Gasteiger partial charge in [0.2, 0.25) is 0 Å². The molecule has 0 aliphatic carbocycles. The van der Waals surface area contributed by atoms with Crippen LogP contribution in [0.3, 0.4) is 0 Å². The van der Waals surface area contributed by atoms with E-state index in [-0.39, 0.29) is 0 Å². The molecule has 1 heteroatoms. The molecule has 0 bridgehead atoms. The Hall–Kier alpha value is -3.84. The van der Waals surface area contributed by atoms with Gasteiger partial charge in [-0.05, 0) is 58.3 Å². The second-order valence-electron chi connectivity index (χ2n) is 7.36. The molecule has 29 heavy (non-hydrogen) atoms. The van der Waals surface area contributed by atoms with E-state index in [1.807, 2.05) is 0 Å². The Labute approximate surface area is 169 Å². The smallest absolute Gasteiger partial charge is 0.0547 e. The Morgan fingerprint density at radius 3 is 2.17 bits per heavy atom. The molecular formula is C28H18N. The number of benzene rings is 5. The van der Waals surface area contributed by atoms with E-state index >= 15 is 0 Å². The van der Waals surface area contributed by atoms with Crippen LogP contribution < -0.4 is 0 Å². The van der Waals surface area contributed by atoms with Crippen molar-refractivity contribution in [3.63, 3.8) is 0 Å². The van der Waals surface area contributed by atoms with E-state index in [4.69, 9.17) is 0 Å². The van der Waals surface area contributed by atoms with Gasteiger partial charge in [0.05, 0.1) is 11.0 Å². The fraction of sp³-hybridized carbons (Fsp3) is 0. The van der Waals surface area contributed by atoms with Crippen LogP contribution in [0, 0.1) is 6.07 Å². The van der Waals surface area contributed by atoms with Gasteiger partial charge in [-0.1, -0.05) is 78.9 Å². The number of para-hydroxylation sites is 2. The van der Waals surface area contributed by atoms with Gasteiger partial charge >= 0.3 is 0 Å². The van der Waals surface area contributed by atoms with E-state index in [1.165, 1.54) is 43.8 Å². The number of aromatic nitrogens is 1. The molecule has 0 fully saturated rings. The first-order chi connectivity index (χ1) is 14.4. The van der Waals surface area contributed by atoms with Crippen molar-refractivity contribution in [2.75, 3.05) is 0 Å². The molecule has 135 valence electrons. The molecule has 6 rings (SSSR count). The molecular weight excluding hydrogens is 350 g/mol. The third kappa shape index (κ3) is 2.48. The van der Waals surface area contributed by atoms with E-state index in [1.54, 1.807) is 0 Å². The van der Waals surface area contributed by atoms with Crippen LogP contribution in [-0.4, -0.2) is 4.57 Å². The zero-order valence-corrected chi connectivity index (χ0v) is 15.8. The normalized spacial score (nSPS) is 11.4. The van der Waals surface area contributed by atoms with E-state index < -0.39 is 0 Å². The van der Waals surface area contributed by atoms with Gasteiger partial charge in [0, 0.05) is 16.5 Å². The lowest BCUT2D eigenvalue weighted by Crippen LogP contribution is -1.93. The molecule has 0 aliphatic heterocycles. The summed E-state index contributed by atoms with van der Waals surface area (Å²) in [5.41, 5.74) is 5.94. The summed E-state index contributed by atoms with van der Waals surface area (Å²) in [4.78, 5) is 0. The van der Waals surface area contributed by atoms with Crippen molar-refractivity contribution < 1.29 is 0 Å². The van der Waals surface area contributed by atoms with E-state index in [0.29, 0.717) is 0 Å². The molecule has 1 aromatic heterocycles. The van der Waals surface area contributed by atoms with Crippen molar-refractivity contribution in [1.82, 2.24) is 4.57 Å². The highest BCUT2D eigenvalue weighted by molar-refractivity contribution is 6.10. The highest BCUT2D eigenvalue weighted by atomic mass is 15.0. The fourth-order valence-corrected chi connectivity index (χ4v) is 4.38. The summed E-state index contributed by atoms with van der Waals surface area (Å²) in [5.74, 6) is 0. The molecule has 0 atom stereocenters. The van der Waals surface area contributed by atoms with Crippen LogP contribution in [0.15, 0.2) is 109 Å². The zero-order chi connectivity index (χ0) is 19.2. The summed E-state index contributed by atoms with van der Waals surface area (Å²) >= 11 is 0. The Kier molecular flexibility index (Phi) is 3.54. The Morgan fingerprint density at radius 1 is 0.552 bits per heavy atom. The molecule has 0 saturated carbocycles. The molecule has 0 unspecified atom stereocenters. The van der Waals surface area contributed by atoms with Crippen molar-refractivity contribution in [1.29, 1.82) is 0 Å². The first-order valence-electron chi connectivity index (χ1n) is 9.88. The molecule has 0 N–H and O–H groups in total. The zero-order valence-electron chi connectivity index (χ0n) is 15.8. The number of hydrogen-bond donors (Lipinski definition) is 0. The highest BCUT2D eigenvalue weighted by Crippen LogP contribution is 2.36. The van der Waals surface area contributed by atoms with Crippen LogP contribution in [0.25, 0.3) is 49.4 Å². The largest absolute Gasteiger partial charge is 0.309 e. The standard InChI is InChI=1S/C28H18N/c1-2-11-22(12-3-1)29-27-16-7-6-14-25(27)26-18-17-21(19-28(26)29)24-15-8-10-20-9-4-5-13-23(20)24/h1-16,18-19H. The SMILES string of the molecule is [c]1cc2c3ccccc3n(-c3ccccc3)c2cc1-c1cccc2ccccc12. The lowest BCUT2D eigenvalue weighted by molar-refractivity contribution is 1.18. The molecule has 1 radical (unpaired) electrons. The van der Waals surface area contributed by atoms with Crippen LogP contribution in [0.4, 0.5) is 0 Å². The van der Waals surface area contributed by atoms with Crippen molar-refractivity contribution in [2.24, 2.45) is 0 Å². The molecule has 5 aromatic carbocycles. The minimum atomic E-state index is 1.12. The number of hydrogen-bond acceptors (Lipinski definition) is 0. The van der Waals surface area contributed by atoms with Gasteiger partial charge in [0.1, 0.15) is 0 Å². The average molecular weight is 368 g/mol. The molecule has 0 spiro atoms. The molecule has 0 amide bonds. The minimum absolute atomic E-state index is 1.12. The minimum Gasteiger partial charge on any atom is -0.309 e. The summed E-state index contributed by atoms with van der Waals surface area (Å²) in [7, 11) is 0. The first-order valence-corrected chi connectivity index (χ1v) is 9.88. The maximum Gasteiger partial charge on any atom is 0.0547 e. The van der Waals surface area contributed by atoms with Crippen LogP contribution in [0.1, 0.15) is 0 Å². The summed E-state index contributed by atoms with van der Waals surface area (Å²) in [6, 6.07) is 42.2. The predicted molar refractivity (Wildman–Crippen MR) is 123 cm³/mol. The lowest BCUT2D eigenvalue weighted by Gasteiger charge is -2.10. The summed E-state index contributed by atoms with van der Waals surface area (Å²) < 4.78 is 2.35. The van der Waals surface area contributed by atoms with Gasteiger partial charge in [-0.25, -0.2) is 0 Å². The van der Waals surface area contributed by atoms with E-state index in [9.17, 15) is 0 Å². The summed E-state index contributed by atoms with van der Waals surface area (Å²) in [6.07, 6.45) is 0. The molecule has 6 aromatic rings. The monoisotopic (exact) mass is 368 g/mol. The molecule has 1 nitrogen and oxygen atoms in total. The van der Waals surface area contributed by atoms with Gasteiger partial charge in [-0.3, -0.25) is 0 Å². The van der Waals surface area contributed by atoms with Crippen LogP contribution in [0.5, 0.6) is 0 Å². The highest BCUT2D eigenvalue weighted by Gasteiger charge is 2.13. The second-order valence-corrected chi connectivity index (χ2v) is 7.36. The molecule has 1 heterocycles. The molecule has 0 aliphatic rings. The van der Waals surface area contributed by atoms with Gasteiger partial charge in [0.15, 0.2) is 0 Å². The topological polar surface area (TPSA) is 4.93 Å². The molecule has 0 saturated heterocycles. The number of nitrogens with zero attached hydrogens (tertiary/aromatic N) is 1. The van der Waals surface area contributed by atoms with Crippen molar-refractivity contribution in [2.45, 2.75) is 0 Å². The van der Waals surface area contributed by atoms with Crippen molar-refractivity contribution in [3.8, 4) is 16.8 Å². The van der Waals surface area contributed by atoms with Gasteiger partial charge in [0.25, 0.3) is 0 Å². The van der Waals surface area contributed by atoms with E-state index in [0.717, 1.165) is 5.56 Å². The number of rotatable bonds is 2. The second kappa shape index (κ2) is 6.35. The van der Waals surface area contributed by atoms with Crippen molar-refractivity contribution >= 4 is 32.6 Å². The van der Waals surface area contributed by atoms with Gasteiger partial charge in [-0.2, -0.15) is 0 Å². The average Bonchev–Trinajstić information content (AvgIpc) is 3.13. The fourth-order valence-electron chi connectivity index (χ4n) is 4.38. The predicted octanol–water partition coefficient (Wildman–Crippen LogP) is 7.40. The first kappa shape index (κ1) is 16.1.